The molecule has 0 atom stereocenters. The third kappa shape index (κ3) is 4.67. The molecule has 2 heterocycles. The maximum Gasteiger partial charge on any atom is 0.321 e. The number of carbonyl (C=O) groups is 2. The number of likely N-dealkylation sites (tertiary alicyclic amines) is 1. The molecular weight excluding hydrogens is 388 g/mol. The summed E-state index contributed by atoms with van der Waals surface area (Å²) in [6.45, 7) is 2.88. The highest BCUT2D eigenvalue weighted by atomic mass is 16.5. The summed E-state index contributed by atoms with van der Waals surface area (Å²) in [4.78, 5) is 32.5. The van der Waals surface area contributed by atoms with E-state index >= 15 is 0 Å². The molecule has 30 heavy (non-hydrogen) atoms. The van der Waals surface area contributed by atoms with E-state index in [4.69, 9.17) is 13.9 Å². The molecule has 1 aromatic carbocycles. The molecule has 0 unspecified atom stereocenters. The van der Waals surface area contributed by atoms with Crippen molar-refractivity contribution in [2.45, 2.75) is 25.7 Å². The molecule has 1 aliphatic heterocycles. The van der Waals surface area contributed by atoms with E-state index in [0.717, 1.165) is 0 Å². The number of aryl methyl sites for hydroxylation is 1. The number of amides is 3. The van der Waals surface area contributed by atoms with Gasteiger partial charge in [-0.25, -0.2) is 9.78 Å². The van der Waals surface area contributed by atoms with Gasteiger partial charge in [-0.2, -0.15) is 0 Å². The molecule has 9 nitrogen and oxygen atoms in total. The number of urea groups is 1. The van der Waals surface area contributed by atoms with Gasteiger partial charge in [0.05, 0.1) is 14.2 Å². The lowest BCUT2D eigenvalue weighted by molar-refractivity contribution is 0.0821. The Balaban J connectivity index is 1.61. The Morgan fingerprint density at radius 3 is 2.27 bits per heavy atom. The Morgan fingerprint density at radius 2 is 1.73 bits per heavy atom. The second-order valence-corrected chi connectivity index (χ2v) is 7.45. The Morgan fingerprint density at radius 1 is 1.13 bits per heavy atom. The van der Waals surface area contributed by atoms with Crippen molar-refractivity contribution in [3.05, 3.63) is 35.5 Å². The molecule has 0 spiro atoms. The molecule has 0 radical (unpaired) electrons. The molecular formula is C21H28N4O5. The van der Waals surface area contributed by atoms with Crippen molar-refractivity contribution in [2.24, 2.45) is 0 Å². The van der Waals surface area contributed by atoms with Gasteiger partial charge in [0.2, 0.25) is 0 Å². The normalized spacial score (nSPS) is 14.4. The Hall–Kier alpha value is -3.23. The largest absolute Gasteiger partial charge is 0.497 e. The first-order chi connectivity index (χ1) is 14.3. The van der Waals surface area contributed by atoms with Crippen molar-refractivity contribution < 1.29 is 23.5 Å². The van der Waals surface area contributed by atoms with Gasteiger partial charge >= 0.3 is 6.03 Å². The maximum absolute atomic E-state index is 12.7. The fraction of sp³-hybridized carbons (Fsp3) is 0.476. The van der Waals surface area contributed by atoms with Crippen LogP contribution in [0.2, 0.25) is 0 Å². The summed E-state index contributed by atoms with van der Waals surface area (Å²) in [7, 11) is 6.50. The lowest BCUT2D eigenvalue weighted by atomic mass is 9.97. The number of ether oxygens (including phenoxy) is 2. The van der Waals surface area contributed by atoms with Crippen LogP contribution in [0.4, 0.5) is 10.5 Å². The van der Waals surface area contributed by atoms with Crippen LogP contribution in [0.25, 0.3) is 0 Å². The number of anilines is 1. The minimum atomic E-state index is -0.184. The molecule has 162 valence electrons. The molecule has 3 rings (SSSR count). The number of hydrogen-bond acceptors (Lipinski definition) is 6. The first-order valence-electron chi connectivity index (χ1n) is 9.80. The van der Waals surface area contributed by atoms with Gasteiger partial charge in [-0.05, 0) is 19.8 Å². The van der Waals surface area contributed by atoms with E-state index < -0.39 is 0 Å². The number of nitrogens with zero attached hydrogens (tertiary/aromatic N) is 3. The van der Waals surface area contributed by atoms with Gasteiger partial charge in [0, 0.05) is 57.0 Å². The van der Waals surface area contributed by atoms with Crippen molar-refractivity contribution in [1.82, 2.24) is 14.8 Å². The Bertz CT molecular complexity index is 894. The minimum Gasteiger partial charge on any atom is -0.497 e. The topological polar surface area (TPSA) is 97.1 Å². The van der Waals surface area contributed by atoms with Gasteiger partial charge in [-0.3, -0.25) is 4.79 Å². The lowest BCUT2D eigenvalue weighted by Crippen LogP contribution is -2.40. The highest BCUT2D eigenvalue weighted by Crippen LogP contribution is 2.30. The van der Waals surface area contributed by atoms with E-state index in [-0.39, 0.29) is 17.9 Å². The predicted octanol–water partition coefficient (Wildman–Crippen LogP) is 3.11. The fourth-order valence-corrected chi connectivity index (χ4v) is 3.41. The van der Waals surface area contributed by atoms with Crippen LogP contribution in [0.15, 0.2) is 22.6 Å². The average Bonchev–Trinajstić information content (AvgIpc) is 3.14. The first kappa shape index (κ1) is 21.5. The zero-order chi connectivity index (χ0) is 21.8. The highest BCUT2D eigenvalue weighted by Gasteiger charge is 2.29. The monoisotopic (exact) mass is 416 g/mol. The maximum atomic E-state index is 12.7. The van der Waals surface area contributed by atoms with Gasteiger partial charge in [0.1, 0.15) is 17.3 Å². The Labute approximate surface area is 175 Å². The standard InChI is InChI=1S/C21H28N4O5/c1-13-18(20(26)24(2)3)23-19(30-13)14-6-8-25(9-7-14)21(27)22-15-10-16(28-4)12-17(11-15)29-5/h10-12,14H,6-9H2,1-5H3,(H,22,27). The van der Waals surface area contributed by atoms with Crippen molar-refractivity contribution in [3.8, 4) is 11.5 Å². The van der Waals surface area contributed by atoms with Crippen LogP contribution in [-0.4, -0.2) is 68.1 Å². The van der Waals surface area contributed by atoms with Crippen LogP contribution in [-0.2, 0) is 0 Å². The van der Waals surface area contributed by atoms with E-state index in [1.165, 1.54) is 4.90 Å². The van der Waals surface area contributed by atoms with Crippen molar-refractivity contribution in [2.75, 3.05) is 46.7 Å². The molecule has 9 heteroatoms. The Kier molecular flexibility index (Phi) is 6.49. The second kappa shape index (κ2) is 9.06. The summed E-state index contributed by atoms with van der Waals surface area (Å²) in [6, 6.07) is 5.04. The molecule has 1 saturated heterocycles. The molecule has 1 aliphatic rings. The van der Waals surface area contributed by atoms with Gasteiger partial charge in [0.25, 0.3) is 5.91 Å². The molecule has 1 fully saturated rings. The number of oxazole rings is 1. The summed E-state index contributed by atoms with van der Waals surface area (Å²) in [5, 5.41) is 2.89. The van der Waals surface area contributed by atoms with Crippen LogP contribution in [0, 0.1) is 6.92 Å². The van der Waals surface area contributed by atoms with Crippen LogP contribution in [0.1, 0.15) is 40.9 Å². The first-order valence-corrected chi connectivity index (χ1v) is 9.80. The summed E-state index contributed by atoms with van der Waals surface area (Å²) in [6.07, 6.45) is 1.43. The zero-order valence-corrected chi connectivity index (χ0v) is 18.0. The number of nitrogens with one attached hydrogen (secondary N) is 1. The zero-order valence-electron chi connectivity index (χ0n) is 18.0. The van der Waals surface area contributed by atoms with Crippen LogP contribution >= 0.6 is 0 Å². The number of piperidine rings is 1. The quantitative estimate of drug-likeness (QED) is 0.804. The van der Waals surface area contributed by atoms with Crippen LogP contribution in [0.5, 0.6) is 11.5 Å². The highest BCUT2D eigenvalue weighted by molar-refractivity contribution is 5.93. The molecule has 0 aliphatic carbocycles. The number of benzene rings is 1. The van der Waals surface area contributed by atoms with Crippen molar-refractivity contribution >= 4 is 17.6 Å². The summed E-state index contributed by atoms with van der Waals surface area (Å²) < 4.78 is 16.2. The fourth-order valence-electron chi connectivity index (χ4n) is 3.41. The van der Waals surface area contributed by atoms with Gasteiger partial charge in [0.15, 0.2) is 11.6 Å². The predicted molar refractivity (Wildman–Crippen MR) is 111 cm³/mol. The minimum absolute atomic E-state index is 0.0772. The number of hydrogen-bond donors (Lipinski definition) is 1. The summed E-state index contributed by atoms with van der Waals surface area (Å²) in [5.74, 6) is 2.20. The van der Waals surface area contributed by atoms with Gasteiger partial charge in [-0.1, -0.05) is 0 Å². The SMILES string of the molecule is COc1cc(NC(=O)N2CCC(c3nc(C(=O)N(C)C)c(C)o3)CC2)cc(OC)c1. The number of methoxy groups -OCH3 is 2. The summed E-state index contributed by atoms with van der Waals surface area (Å²) in [5.41, 5.74) is 0.954. The van der Waals surface area contributed by atoms with Crippen LogP contribution < -0.4 is 14.8 Å². The third-order valence-corrected chi connectivity index (χ3v) is 5.16. The molecule has 2 aromatic rings. The smallest absolute Gasteiger partial charge is 0.321 e. The number of rotatable bonds is 5. The van der Waals surface area contributed by atoms with Gasteiger partial charge < -0.3 is 29.0 Å². The third-order valence-electron chi connectivity index (χ3n) is 5.16. The molecule has 0 bridgehead atoms. The van der Waals surface area contributed by atoms with Crippen molar-refractivity contribution in [1.29, 1.82) is 0 Å². The number of aromatic nitrogens is 1. The summed E-state index contributed by atoms with van der Waals surface area (Å²) >= 11 is 0. The molecule has 1 N–H and O–H groups in total. The van der Waals surface area contributed by atoms with Crippen molar-refractivity contribution in [3.63, 3.8) is 0 Å². The molecule has 0 saturated carbocycles. The average molecular weight is 416 g/mol. The van der Waals surface area contributed by atoms with E-state index in [2.05, 4.69) is 10.3 Å². The van der Waals surface area contributed by atoms with E-state index in [1.54, 1.807) is 58.3 Å². The van der Waals surface area contributed by atoms with E-state index in [0.29, 0.717) is 60.5 Å². The lowest BCUT2D eigenvalue weighted by Gasteiger charge is -2.30. The molecule has 3 amide bonds. The van der Waals surface area contributed by atoms with Crippen LogP contribution in [0.3, 0.4) is 0 Å². The van der Waals surface area contributed by atoms with Gasteiger partial charge in [-0.15, -0.1) is 0 Å². The van der Waals surface area contributed by atoms with E-state index in [1.807, 2.05) is 0 Å². The number of carbonyl (C=O) groups excluding carboxylic acids is 2. The van der Waals surface area contributed by atoms with E-state index in [9.17, 15) is 9.59 Å². The molecule has 1 aromatic heterocycles. The second-order valence-electron chi connectivity index (χ2n) is 7.45.